The van der Waals surface area contributed by atoms with E-state index in [1.807, 2.05) is 48.5 Å². The molecule has 1 aliphatic rings. The summed E-state index contributed by atoms with van der Waals surface area (Å²) in [4.78, 5) is 29.6. The van der Waals surface area contributed by atoms with Crippen molar-refractivity contribution in [2.75, 3.05) is 43.5 Å². The highest BCUT2D eigenvalue weighted by Gasteiger charge is 2.22. The van der Waals surface area contributed by atoms with Gasteiger partial charge in [0.2, 0.25) is 0 Å². The van der Waals surface area contributed by atoms with Crippen LogP contribution in [0.15, 0.2) is 60.7 Å². The molecular formula is C23H25N3O4S. The normalized spacial score (nSPS) is 13.2. The van der Waals surface area contributed by atoms with Crippen molar-refractivity contribution >= 4 is 35.0 Å². The highest BCUT2D eigenvalue weighted by atomic mass is 32.1. The molecule has 2 amide bonds. The van der Waals surface area contributed by atoms with Gasteiger partial charge in [0.05, 0.1) is 10.6 Å². The Balaban J connectivity index is 0.00000132. The molecule has 1 fully saturated rings. The van der Waals surface area contributed by atoms with Gasteiger partial charge in [-0.15, -0.1) is 11.3 Å². The van der Waals surface area contributed by atoms with E-state index in [-0.39, 0.29) is 11.8 Å². The number of thiophene rings is 1. The zero-order valence-electron chi connectivity index (χ0n) is 17.2. The van der Waals surface area contributed by atoms with E-state index in [4.69, 9.17) is 5.11 Å². The molecule has 0 unspecified atom stereocenters. The summed E-state index contributed by atoms with van der Waals surface area (Å²) in [5, 5.41) is 19.3. The van der Waals surface area contributed by atoms with Crippen LogP contribution >= 0.6 is 11.3 Å². The molecule has 1 aliphatic heterocycles. The molecule has 7 nitrogen and oxygen atoms in total. The van der Waals surface area contributed by atoms with Gasteiger partial charge in [-0.05, 0) is 35.9 Å². The number of nitrogens with zero attached hydrogens (tertiary/aromatic N) is 2. The minimum absolute atomic E-state index is 0.198. The number of benzene rings is 2. The number of nitrogens with one attached hydrogen (secondary N) is 1. The van der Waals surface area contributed by atoms with Crippen LogP contribution in [-0.2, 0) is 0 Å². The number of aliphatic hydroxyl groups is 1. The summed E-state index contributed by atoms with van der Waals surface area (Å²) in [5.41, 5.74) is 2.59. The molecule has 3 aromatic rings. The number of piperazine rings is 1. The molecule has 0 spiro atoms. The Labute approximate surface area is 185 Å². The second-order valence-corrected chi connectivity index (χ2v) is 7.88. The highest BCUT2D eigenvalue weighted by Crippen LogP contribution is 2.34. The van der Waals surface area contributed by atoms with E-state index >= 15 is 0 Å². The Hall–Kier alpha value is -3.36. The van der Waals surface area contributed by atoms with Crippen LogP contribution in [0.2, 0.25) is 0 Å². The van der Waals surface area contributed by atoms with E-state index in [1.54, 1.807) is 17.0 Å². The van der Waals surface area contributed by atoms with Gasteiger partial charge in [0.1, 0.15) is 5.75 Å². The molecule has 0 atom stereocenters. The first-order valence-electron chi connectivity index (χ1n) is 9.83. The van der Waals surface area contributed by atoms with Crippen molar-refractivity contribution in [3.05, 3.63) is 65.5 Å². The fourth-order valence-electron chi connectivity index (χ4n) is 3.36. The molecule has 0 aliphatic carbocycles. The van der Waals surface area contributed by atoms with Crippen LogP contribution in [0.4, 0.5) is 16.2 Å². The van der Waals surface area contributed by atoms with Gasteiger partial charge in [0.25, 0.3) is 0 Å². The smallest absolute Gasteiger partial charge is 0.322 e. The third-order valence-electron chi connectivity index (χ3n) is 4.95. The second-order valence-electron chi connectivity index (χ2n) is 6.79. The topological polar surface area (TPSA) is 93.1 Å². The maximum atomic E-state index is 12.7. The molecule has 162 valence electrons. The number of urea groups is 1. The largest absolute Gasteiger partial charge is 0.508 e. The van der Waals surface area contributed by atoms with Gasteiger partial charge < -0.3 is 25.3 Å². The third-order valence-corrected chi connectivity index (χ3v) is 6.06. The number of aldehydes is 1. The van der Waals surface area contributed by atoms with Gasteiger partial charge in [-0.3, -0.25) is 4.79 Å². The second kappa shape index (κ2) is 10.6. The van der Waals surface area contributed by atoms with Crippen molar-refractivity contribution in [3.8, 4) is 16.2 Å². The average Bonchev–Trinajstić information content (AvgIpc) is 3.24. The van der Waals surface area contributed by atoms with Crippen LogP contribution in [0.25, 0.3) is 10.4 Å². The molecule has 0 saturated carbocycles. The predicted octanol–water partition coefficient (Wildman–Crippen LogP) is 3.90. The number of anilines is 2. The zero-order chi connectivity index (χ0) is 22.2. The quantitative estimate of drug-likeness (QED) is 0.536. The SMILES string of the molecule is CO.O=Cc1sc(-c2ccccc2)cc1NC(=O)N1CCN(c2ccc(O)cc2)CC1. The van der Waals surface area contributed by atoms with E-state index in [0.717, 1.165) is 29.5 Å². The van der Waals surface area contributed by atoms with Crippen LogP contribution in [-0.4, -0.2) is 60.7 Å². The lowest BCUT2D eigenvalue weighted by molar-refractivity contribution is 0.112. The Bertz CT molecular complexity index is 997. The molecule has 31 heavy (non-hydrogen) atoms. The molecular weight excluding hydrogens is 414 g/mol. The fourth-order valence-corrected chi connectivity index (χ4v) is 4.30. The minimum Gasteiger partial charge on any atom is -0.508 e. The van der Waals surface area contributed by atoms with Crippen LogP contribution in [0, 0.1) is 0 Å². The number of phenols is 1. The molecule has 1 saturated heterocycles. The molecule has 8 heteroatoms. The van der Waals surface area contributed by atoms with E-state index in [1.165, 1.54) is 11.3 Å². The van der Waals surface area contributed by atoms with Crippen molar-refractivity contribution in [2.45, 2.75) is 0 Å². The number of amides is 2. The summed E-state index contributed by atoms with van der Waals surface area (Å²) in [6.07, 6.45) is 0.787. The molecule has 3 N–H and O–H groups in total. The maximum Gasteiger partial charge on any atom is 0.322 e. The van der Waals surface area contributed by atoms with Crippen molar-refractivity contribution in [1.82, 2.24) is 4.90 Å². The summed E-state index contributed by atoms with van der Waals surface area (Å²) in [7, 11) is 1.00. The summed E-state index contributed by atoms with van der Waals surface area (Å²) in [6, 6.07) is 18.5. The lowest BCUT2D eigenvalue weighted by Crippen LogP contribution is -2.50. The molecule has 4 rings (SSSR count). The number of aromatic hydroxyl groups is 1. The van der Waals surface area contributed by atoms with Crippen molar-refractivity contribution in [3.63, 3.8) is 0 Å². The van der Waals surface area contributed by atoms with Crippen molar-refractivity contribution in [2.24, 2.45) is 0 Å². The van der Waals surface area contributed by atoms with Gasteiger partial charge in [-0.25, -0.2) is 4.79 Å². The Morgan fingerprint density at radius 2 is 1.65 bits per heavy atom. The molecule has 2 aromatic carbocycles. The van der Waals surface area contributed by atoms with Crippen LogP contribution in [0.3, 0.4) is 0 Å². The Morgan fingerprint density at radius 3 is 2.26 bits per heavy atom. The highest BCUT2D eigenvalue weighted by molar-refractivity contribution is 7.17. The standard InChI is InChI=1S/C22H21N3O3S.CH4O/c26-15-21-19(14-20(29-21)16-4-2-1-3-5-16)23-22(28)25-12-10-24(11-13-25)17-6-8-18(27)9-7-17;1-2/h1-9,14-15,27H,10-13H2,(H,23,28);2H,1H3. The van der Waals surface area contributed by atoms with Crippen LogP contribution in [0.1, 0.15) is 9.67 Å². The fraction of sp³-hybridized carbons (Fsp3) is 0.217. The van der Waals surface area contributed by atoms with Gasteiger partial charge in [-0.1, -0.05) is 30.3 Å². The van der Waals surface area contributed by atoms with E-state index in [0.29, 0.717) is 36.7 Å². The monoisotopic (exact) mass is 439 g/mol. The van der Waals surface area contributed by atoms with Crippen LogP contribution < -0.4 is 10.2 Å². The average molecular weight is 440 g/mol. The van der Waals surface area contributed by atoms with E-state index in [9.17, 15) is 14.7 Å². The van der Waals surface area contributed by atoms with E-state index in [2.05, 4.69) is 10.2 Å². The Kier molecular flexibility index (Phi) is 7.64. The number of phenolic OH excluding ortho intramolecular Hbond substituents is 1. The molecule has 2 heterocycles. The minimum atomic E-state index is -0.198. The first-order valence-corrected chi connectivity index (χ1v) is 10.6. The first kappa shape index (κ1) is 22.3. The van der Waals surface area contributed by atoms with Crippen molar-refractivity contribution in [1.29, 1.82) is 0 Å². The number of hydrogen-bond donors (Lipinski definition) is 3. The van der Waals surface area contributed by atoms with Gasteiger partial charge in [-0.2, -0.15) is 0 Å². The molecule has 1 aromatic heterocycles. The number of carbonyl (C=O) groups is 2. The summed E-state index contributed by atoms with van der Waals surface area (Å²) in [5.74, 6) is 0.239. The predicted molar refractivity (Wildman–Crippen MR) is 124 cm³/mol. The maximum absolute atomic E-state index is 12.7. The van der Waals surface area contributed by atoms with Gasteiger partial charge in [0, 0.05) is 43.9 Å². The summed E-state index contributed by atoms with van der Waals surface area (Å²) < 4.78 is 0. The van der Waals surface area contributed by atoms with Crippen molar-refractivity contribution < 1.29 is 19.8 Å². The lowest BCUT2D eigenvalue weighted by Gasteiger charge is -2.36. The number of carbonyl (C=O) groups excluding carboxylic acids is 2. The number of hydrogen-bond acceptors (Lipinski definition) is 6. The Morgan fingerprint density at radius 1 is 1.00 bits per heavy atom. The molecule has 0 bridgehead atoms. The first-order chi connectivity index (χ1) is 15.1. The van der Waals surface area contributed by atoms with Crippen LogP contribution in [0.5, 0.6) is 5.75 Å². The summed E-state index contributed by atoms with van der Waals surface area (Å²) in [6.45, 7) is 2.58. The molecule has 0 radical (unpaired) electrons. The lowest BCUT2D eigenvalue weighted by atomic mass is 10.2. The summed E-state index contributed by atoms with van der Waals surface area (Å²) >= 11 is 1.37. The zero-order valence-corrected chi connectivity index (χ0v) is 18.0. The third kappa shape index (κ3) is 5.42. The van der Waals surface area contributed by atoms with E-state index < -0.39 is 0 Å². The number of aliphatic hydroxyl groups excluding tert-OH is 1. The number of rotatable bonds is 4. The van der Waals surface area contributed by atoms with Gasteiger partial charge >= 0.3 is 6.03 Å². The van der Waals surface area contributed by atoms with Gasteiger partial charge in [0.15, 0.2) is 6.29 Å².